The number of aryl methyl sites for hydroxylation is 3. The Labute approximate surface area is 260 Å². The Morgan fingerprint density at radius 2 is 1.38 bits per heavy atom. The molecule has 0 unspecified atom stereocenters. The highest BCUT2D eigenvalue weighted by molar-refractivity contribution is 14.1. The van der Waals surface area contributed by atoms with Crippen molar-refractivity contribution in [3.63, 3.8) is 0 Å². The summed E-state index contributed by atoms with van der Waals surface area (Å²) < 4.78 is 3.88. The molecule has 0 atom stereocenters. The van der Waals surface area contributed by atoms with Gasteiger partial charge in [0.15, 0.2) is 0 Å². The molecular weight excluding hydrogens is 656 g/mol. The Hall–Kier alpha value is -2.95. The van der Waals surface area contributed by atoms with Crippen LogP contribution in [0.3, 0.4) is 0 Å². The molecule has 0 bridgehead atoms. The molecule has 0 fully saturated rings. The molecule has 0 aliphatic rings. The summed E-state index contributed by atoms with van der Waals surface area (Å²) in [5, 5.41) is 5.43. The molecule has 40 heavy (non-hydrogen) atoms. The lowest BCUT2D eigenvalue weighted by molar-refractivity contribution is 1.23. The predicted molar refractivity (Wildman–Crippen MR) is 188 cm³/mol. The number of hydrogen-bond donors (Lipinski definition) is 0. The topological polar surface area (TPSA) is 0 Å². The zero-order chi connectivity index (χ0) is 27.2. The van der Waals surface area contributed by atoms with Gasteiger partial charge in [-0.15, -0.1) is 34.0 Å². The van der Waals surface area contributed by atoms with E-state index in [1.807, 2.05) is 22.7 Å². The van der Waals surface area contributed by atoms with Crippen LogP contribution >= 0.6 is 56.6 Å². The number of rotatable bonds is 4. The van der Waals surface area contributed by atoms with Gasteiger partial charge in [-0.3, -0.25) is 0 Å². The van der Waals surface area contributed by atoms with Crippen LogP contribution in [0.1, 0.15) is 26.4 Å². The minimum Gasteiger partial charge on any atom is -0.135 e. The van der Waals surface area contributed by atoms with E-state index >= 15 is 0 Å². The van der Waals surface area contributed by atoms with Gasteiger partial charge in [0.1, 0.15) is 0 Å². The molecule has 0 aliphatic carbocycles. The van der Waals surface area contributed by atoms with Crippen LogP contribution in [0, 0.1) is 25.7 Å². The second-order valence-electron chi connectivity index (χ2n) is 10.1. The molecule has 0 saturated heterocycles. The van der Waals surface area contributed by atoms with E-state index in [0.29, 0.717) is 0 Å². The maximum atomic E-state index is 3.32. The zero-order valence-corrected chi connectivity index (χ0v) is 26.8. The van der Waals surface area contributed by atoms with Crippen molar-refractivity contribution >= 4 is 87.5 Å². The van der Waals surface area contributed by atoms with Crippen LogP contribution in [0.25, 0.3) is 51.8 Å². The van der Waals surface area contributed by atoms with Gasteiger partial charge >= 0.3 is 0 Å². The summed E-state index contributed by atoms with van der Waals surface area (Å²) in [6.45, 7) is 4.26. The van der Waals surface area contributed by atoms with Gasteiger partial charge in [-0.05, 0) is 113 Å². The lowest BCUT2D eigenvalue weighted by Crippen LogP contribution is -1.89. The fraction of sp³-hybridized carbons (Fsp3) is 0.111. The summed E-state index contributed by atoms with van der Waals surface area (Å²) in [6.07, 6.45) is 1.07. The van der Waals surface area contributed by atoms with Crippen LogP contribution in [0.5, 0.6) is 0 Å². The molecular formula is C36H25IS3. The number of benzene rings is 4. The van der Waals surface area contributed by atoms with E-state index in [1.54, 1.807) is 11.3 Å². The van der Waals surface area contributed by atoms with Crippen LogP contribution in [0.4, 0.5) is 0 Å². The van der Waals surface area contributed by atoms with Crippen molar-refractivity contribution in [1.82, 2.24) is 0 Å². The molecule has 0 nitrogen and oxygen atoms in total. The van der Waals surface area contributed by atoms with Crippen molar-refractivity contribution < 1.29 is 0 Å². The van der Waals surface area contributed by atoms with Gasteiger partial charge in [0, 0.05) is 34.0 Å². The second-order valence-corrected chi connectivity index (χ2v) is 14.7. The van der Waals surface area contributed by atoms with Crippen LogP contribution in [-0.4, -0.2) is 4.43 Å². The highest BCUT2D eigenvalue weighted by Gasteiger charge is 2.14. The van der Waals surface area contributed by atoms with Crippen molar-refractivity contribution in [2.24, 2.45) is 0 Å². The Balaban J connectivity index is 1.28. The summed E-state index contributed by atoms with van der Waals surface area (Å²) in [5.74, 6) is 6.62. The van der Waals surface area contributed by atoms with Crippen molar-refractivity contribution in [3.05, 3.63) is 117 Å². The molecule has 4 aromatic carbocycles. The van der Waals surface area contributed by atoms with Crippen molar-refractivity contribution in [2.45, 2.75) is 20.3 Å². The minimum atomic E-state index is 1.05. The van der Waals surface area contributed by atoms with E-state index in [1.165, 1.54) is 67.8 Å². The van der Waals surface area contributed by atoms with E-state index in [-0.39, 0.29) is 0 Å². The lowest BCUT2D eigenvalue weighted by Gasteiger charge is -2.08. The second kappa shape index (κ2) is 10.8. The van der Waals surface area contributed by atoms with Crippen LogP contribution in [0.2, 0.25) is 0 Å². The Bertz CT molecular complexity index is 2070. The van der Waals surface area contributed by atoms with Gasteiger partial charge in [-0.25, -0.2) is 0 Å². The van der Waals surface area contributed by atoms with Gasteiger partial charge in [0.25, 0.3) is 0 Å². The summed E-state index contributed by atoms with van der Waals surface area (Å²) in [6, 6.07) is 33.8. The minimum absolute atomic E-state index is 1.05. The molecule has 0 saturated carbocycles. The predicted octanol–water partition coefficient (Wildman–Crippen LogP) is 11.7. The highest BCUT2D eigenvalue weighted by Crippen LogP contribution is 2.42. The molecule has 7 rings (SSSR count). The van der Waals surface area contributed by atoms with Gasteiger partial charge < -0.3 is 0 Å². The smallest absolute Gasteiger partial charge is 0.0775 e. The molecule has 0 amide bonds. The third-order valence-corrected chi connectivity index (χ3v) is 11.1. The molecule has 4 heteroatoms. The molecule has 3 heterocycles. The van der Waals surface area contributed by atoms with Gasteiger partial charge in [-0.1, -0.05) is 76.4 Å². The molecule has 0 radical (unpaired) electrons. The quantitative estimate of drug-likeness (QED) is 0.0986. The van der Waals surface area contributed by atoms with Gasteiger partial charge in [0.05, 0.1) is 4.88 Å². The monoisotopic (exact) mass is 680 g/mol. The third-order valence-electron chi connectivity index (χ3n) is 7.28. The summed E-state index contributed by atoms with van der Waals surface area (Å²) in [7, 11) is 0. The first-order chi connectivity index (χ1) is 19.5. The molecule has 0 aliphatic heterocycles. The Morgan fingerprint density at radius 1 is 0.650 bits per heavy atom. The standard InChI is InChI=1S/C36H25IS3/c1-22-3-9-25(10-4-22)33-20-28-18-32-27(19-35(28)39-33)17-29-21-34(40-36(29)31(32)15-16-37)26-11-6-24(7-12-26)8-14-30-13-5-23(2)38-30/h3-7,9-13,17-21H,15-16H2,1-2H3. The van der Waals surface area contributed by atoms with Crippen LogP contribution in [0.15, 0.2) is 91.0 Å². The fourth-order valence-electron chi connectivity index (χ4n) is 5.22. The molecule has 0 N–H and O–H groups in total. The van der Waals surface area contributed by atoms with Gasteiger partial charge in [-0.2, -0.15) is 0 Å². The van der Waals surface area contributed by atoms with E-state index in [0.717, 1.165) is 21.3 Å². The van der Waals surface area contributed by atoms with Crippen molar-refractivity contribution in [1.29, 1.82) is 0 Å². The summed E-state index contributed by atoms with van der Waals surface area (Å²) >= 11 is 8.08. The SMILES string of the molecule is Cc1ccc(-c2cc3cc4c(CCI)c5sc(-c6ccc(C#Cc7ccc(C)s7)cc6)cc5cc4cc3s2)cc1. The van der Waals surface area contributed by atoms with E-state index in [2.05, 4.69) is 139 Å². The lowest BCUT2D eigenvalue weighted by atomic mass is 9.98. The maximum Gasteiger partial charge on any atom is 0.0775 e. The largest absolute Gasteiger partial charge is 0.135 e. The average molecular weight is 681 g/mol. The normalized spacial score (nSPS) is 11.4. The summed E-state index contributed by atoms with van der Waals surface area (Å²) in [4.78, 5) is 5.07. The van der Waals surface area contributed by atoms with Crippen LogP contribution in [-0.2, 0) is 6.42 Å². The number of hydrogen-bond acceptors (Lipinski definition) is 3. The maximum absolute atomic E-state index is 3.32. The first kappa shape index (κ1) is 26.0. The molecule has 194 valence electrons. The Kier molecular flexibility index (Phi) is 7.01. The number of fused-ring (bicyclic) bond motifs is 3. The first-order valence-corrected chi connectivity index (χ1v) is 17.3. The Morgan fingerprint density at radius 3 is 2.10 bits per heavy atom. The highest BCUT2D eigenvalue weighted by atomic mass is 127. The van der Waals surface area contributed by atoms with Crippen molar-refractivity contribution in [3.8, 4) is 32.7 Å². The number of thiophene rings is 3. The average Bonchev–Trinajstić information content (AvgIpc) is 3.69. The van der Waals surface area contributed by atoms with Crippen LogP contribution < -0.4 is 0 Å². The summed E-state index contributed by atoms with van der Waals surface area (Å²) in [5.41, 5.74) is 6.39. The van der Waals surface area contributed by atoms with E-state index < -0.39 is 0 Å². The molecule has 7 aromatic rings. The van der Waals surface area contributed by atoms with Gasteiger partial charge in [0.2, 0.25) is 0 Å². The molecule has 3 aromatic heterocycles. The number of alkyl halides is 1. The molecule has 0 spiro atoms. The number of halogens is 1. The van der Waals surface area contributed by atoms with Crippen molar-refractivity contribution in [2.75, 3.05) is 4.43 Å². The van der Waals surface area contributed by atoms with E-state index in [9.17, 15) is 0 Å². The zero-order valence-electron chi connectivity index (χ0n) is 22.2. The third kappa shape index (κ3) is 5.01. The first-order valence-electron chi connectivity index (χ1n) is 13.3. The fourth-order valence-corrected chi connectivity index (χ4v) is 8.81. The van der Waals surface area contributed by atoms with E-state index in [4.69, 9.17) is 0 Å².